The third-order valence-electron chi connectivity index (χ3n) is 2.56. The number of carbonyl (C=O) groups excluding carboxylic acids is 2. The molecule has 1 fully saturated rings. The van der Waals surface area contributed by atoms with E-state index in [9.17, 15) is 9.59 Å². The van der Waals surface area contributed by atoms with Crippen LogP contribution in [0.5, 0.6) is 0 Å². The van der Waals surface area contributed by atoms with Gasteiger partial charge in [-0.2, -0.15) is 0 Å². The maximum absolute atomic E-state index is 11.1. The van der Waals surface area contributed by atoms with Crippen LogP contribution in [0, 0.1) is 5.92 Å². The van der Waals surface area contributed by atoms with Crippen LogP contribution in [0.1, 0.15) is 19.8 Å². The Balaban J connectivity index is 2.18. The summed E-state index contributed by atoms with van der Waals surface area (Å²) in [7, 11) is 2.09. The van der Waals surface area contributed by atoms with Gasteiger partial charge in [0.05, 0.1) is 0 Å². The van der Waals surface area contributed by atoms with Gasteiger partial charge >= 0.3 is 6.03 Å². The van der Waals surface area contributed by atoms with Crippen LogP contribution >= 0.6 is 0 Å². The molecule has 2 N–H and O–H groups in total. The number of urea groups is 1. The molecule has 0 aromatic carbocycles. The molecule has 0 bridgehead atoms. The maximum Gasteiger partial charge on any atom is 0.321 e. The first kappa shape index (κ1) is 12.0. The van der Waals surface area contributed by atoms with Crippen LogP contribution in [-0.2, 0) is 4.79 Å². The van der Waals surface area contributed by atoms with Crippen molar-refractivity contribution in [3.63, 3.8) is 0 Å². The third-order valence-corrected chi connectivity index (χ3v) is 2.56. The van der Waals surface area contributed by atoms with Crippen LogP contribution in [-0.4, -0.2) is 43.5 Å². The Morgan fingerprint density at radius 2 is 2.20 bits per heavy atom. The number of piperidine rings is 1. The van der Waals surface area contributed by atoms with E-state index in [2.05, 4.69) is 22.6 Å². The Morgan fingerprint density at radius 3 is 2.80 bits per heavy atom. The van der Waals surface area contributed by atoms with E-state index in [1.807, 2.05) is 0 Å². The summed E-state index contributed by atoms with van der Waals surface area (Å²) < 4.78 is 0. The normalized spacial score (nSPS) is 22.1. The van der Waals surface area contributed by atoms with Crippen molar-refractivity contribution in [2.24, 2.45) is 5.92 Å². The molecule has 0 radical (unpaired) electrons. The molecule has 86 valence electrons. The van der Waals surface area contributed by atoms with E-state index in [-0.39, 0.29) is 5.91 Å². The first-order valence-corrected chi connectivity index (χ1v) is 5.32. The molecular formula is C10H19N3O2. The van der Waals surface area contributed by atoms with Gasteiger partial charge in [-0.05, 0) is 32.4 Å². The lowest BCUT2D eigenvalue weighted by molar-refractivity contribution is -0.117. The SMILES string of the molecule is CC(=O)NC(=O)NCC1CCCN(C)C1. The number of carbonyl (C=O) groups is 2. The molecule has 1 aliphatic rings. The first-order chi connectivity index (χ1) is 7.08. The summed E-state index contributed by atoms with van der Waals surface area (Å²) in [5.74, 6) is 0.176. The Morgan fingerprint density at radius 1 is 1.47 bits per heavy atom. The van der Waals surface area contributed by atoms with E-state index in [4.69, 9.17) is 0 Å². The average Bonchev–Trinajstić information content (AvgIpc) is 2.14. The molecule has 0 spiro atoms. The fraction of sp³-hybridized carbons (Fsp3) is 0.800. The van der Waals surface area contributed by atoms with Crippen LogP contribution in [0.4, 0.5) is 4.79 Å². The molecule has 1 heterocycles. The van der Waals surface area contributed by atoms with Crippen LogP contribution in [0.2, 0.25) is 0 Å². The molecule has 1 aliphatic heterocycles. The van der Waals surface area contributed by atoms with Gasteiger partial charge in [-0.15, -0.1) is 0 Å². The fourth-order valence-corrected chi connectivity index (χ4v) is 1.88. The molecule has 15 heavy (non-hydrogen) atoms. The monoisotopic (exact) mass is 213 g/mol. The van der Waals surface area contributed by atoms with Gasteiger partial charge in [0.25, 0.3) is 0 Å². The molecular weight excluding hydrogens is 194 g/mol. The number of amides is 3. The molecule has 0 saturated carbocycles. The van der Waals surface area contributed by atoms with Gasteiger partial charge in [0.1, 0.15) is 0 Å². The van der Waals surface area contributed by atoms with Gasteiger partial charge in [0.2, 0.25) is 5.91 Å². The third kappa shape index (κ3) is 4.78. The number of imide groups is 1. The summed E-state index contributed by atoms with van der Waals surface area (Å²) in [6.45, 7) is 4.12. The minimum Gasteiger partial charge on any atom is -0.337 e. The standard InChI is InChI=1S/C10H19N3O2/c1-8(14)12-10(15)11-6-9-4-3-5-13(2)7-9/h9H,3-7H2,1-2H3,(H2,11,12,14,15). The molecule has 0 aromatic heterocycles. The first-order valence-electron chi connectivity index (χ1n) is 5.32. The maximum atomic E-state index is 11.1. The smallest absolute Gasteiger partial charge is 0.321 e. The van der Waals surface area contributed by atoms with E-state index in [1.165, 1.54) is 13.3 Å². The van der Waals surface area contributed by atoms with Gasteiger partial charge in [-0.25, -0.2) is 4.79 Å². The van der Waals surface area contributed by atoms with Crippen LogP contribution in [0.3, 0.4) is 0 Å². The number of hydrogen-bond donors (Lipinski definition) is 2. The van der Waals surface area contributed by atoms with E-state index in [1.54, 1.807) is 0 Å². The highest BCUT2D eigenvalue weighted by Crippen LogP contribution is 2.13. The quantitative estimate of drug-likeness (QED) is 0.687. The number of nitrogens with one attached hydrogen (secondary N) is 2. The lowest BCUT2D eigenvalue weighted by Crippen LogP contribution is -2.43. The zero-order chi connectivity index (χ0) is 11.3. The van der Waals surface area contributed by atoms with Gasteiger partial charge in [0, 0.05) is 20.0 Å². The van der Waals surface area contributed by atoms with Crippen molar-refractivity contribution in [3.8, 4) is 0 Å². The van der Waals surface area contributed by atoms with Gasteiger partial charge in [-0.3, -0.25) is 10.1 Å². The van der Waals surface area contributed by atoms with Crippen molar-refractivity contribution in [2.45, 2.75) is 19.8 Å². The highest BCUT2D eigenvalue weighted by molar-refractivity contribution is 5.92. The Labute approximate surface area is 90.2 Å². The summed E-state index contributed by atoms with van der Waals surface area (Å²) in [6, 6.07) is -0.393. The second-order valence-corrected chi connectivity index (χ2v) is 4.16. The van der Waals surface area contributed by atoms with Crippen molar-refractivity contribution in [2.75, 3.05) is 26.7 Å². The van der Waals surface area contributed by atoms with E-state index in [0.717, 1.165) is 19.5 Å². The van der Waals surface area contributed by atoms with Crippen LogP contribution in [0.15, 0.2) is 0 Å². The summed E-state index contributed by atoms with van der Waals surface area (Å²) in [4.78, 5) is 24.0. The van der Waals surface area contributed by atoms with Crippen molar-refractivity contribution in [1.29, 1.82) is 0 Å². The predicted octanol–water partition coefficient (Wildman–Crippen LogP) is 0.174. The Kier molecular flexibility index (Phi) is 4.55. The predicted molar refractivity (Wildman–Crippen MR) is 57.4 cm³/mol. The van der Waals surface area contributed by atoms with Gasteiger partial charge in [0.15, 0.2) is 0 Å². The van der Waals surface area contributed by atoms with Crippen molar-refractivity contribution >= 4 is 11.9 Å². The Hall–Kier alpha value is -1.10. The second kappa shape index (κ2) is 5.70. The second-order valence-electron chi connectivity index (χ2n) is 4.16. The topological polar surface area (TPSA) is 61.4 Å². The minimum atomic E-state index is -0.393. The lowest BCUT2D eigenvalue weighted by Gasteiger charge is -2.29. The fourth-order valence-electron chi connectivity index (χ4n) is 1.88. The number of likely N-dealkylation sites (tertiary alicyclic amines) is 1. The number of hydrogen-bond acceptors (Lipinski definition) is 3. The van der Waals surface area contributed by atoms with E-state index >= 15 is 0 Å². The van der Waals surface area contributed by atoms with Gasteiger partial charge in [-0.1, -0.05) is 0 Å². The number of nitrogens with zero attached hydrogens (tertiary/aromatic N) is 1. The summed E-state index contributed by atoms with van der Waals surface area (Å²) in [5.41, 5.74) is 0. The molecule has 0 aromatic rings. The summed E-state index contributed by atoms with van der Waals surface area (Å²) >= 11 is 0. The Bertz CT molecular complexity index is 243. The molecule has 5 heteroatoms. The van der Waals surface area contributed by atoms with E-state index < -0.39 is 6.03 Å². The molecule has 1 unspecified atom stereocenters. The zero-order valence-corrected chi connectivity index (χ0v) is 9.38. The molecule has 1 saturated heterocycles. The van der Waals surface area contributed by atoms with Crippen molar-refractivity contribution in [1.82, 2.24) is 15.5 Å². The average molecular weight is 213 g/mol. The highest BCUT2D eigenvalue weighted by atomic mass is 16.2. The largest absolute Gasteiger partial charge is 0.337 e. The van der Waals surface area contributed by atoms with Crippen molar-refractivity contribution in [3.05, 3.63) is 0 Å². The zero-order valence-electron chi connectivity index (χ0n) is 9.38. The number of rotatable bonds is 2. The molecule has 1 atom stereocenters. The van der Waals surface area contributed by atoms with Crippen LogP contribution < -0.4 is 10.6 Å². The van der Waals surface area contributed by atoms with E-state index in [0.29, 0.717) is 12.5 Å². The molecule has 1 rings (SSSR count). The summed E-state index contributed by atoms with van der Waals surface area (Å²) in [5, 5.41) is 4.90. The van der Waals surface area contributed by atoms with Gasteiger partial charge < -0.3 is 10.2 Å². The molecule has 0 aliphatic carbocycles. The lowest BCUT2D eigenvalue weighted by atomic mass is 9.99. The van der Waals surface area contributed by atoms with Crippen LogP contribution in [0.25, 0.3) is 0 Å². The highest BCUT2D eigenvalue weighted by Gasteiger charge is 2.17. The molecule has 5 nitrogen and oxygen atoms in total. The summed E-state index contributed by atoms with van der Waals surface area (Å²) in [6.07, 6.45) is 2.32. The van der Waals surface area contributed by atoms with Crippen molar-refractivity contribution < 1.29 is 9.59 Å². The minimum absolute atomic E-state index is 0.326. The molecule has 3 amide bonds.